The zero-order valence-electron chi connectivity index (χ0n) is 13.4. The van der Waals surface area contributed by atoms with Crippen LogP contribution in [0, 0.1) is 0 Å². The second-order valence-corrected chi connectivity index (χ2v) is 9.17. The highest BCUT2D eigenvalue weighted by Crippen LogP contribution is 2.24. The van der Waals surface area contributed by atoms with Gasteiger partial charge in [-0.25, -0.2) is 4.79 Å². The van der Waals surface area contributed by atoms with Crippen molar-refractivity contribution in [3.63, 3.8) is 0 Å². The largest absolute Gasteiger partial charge is 0.521 e. The highest BCUT2D eigenvalue weighted by atomic mass is 28.2. The van der Waals surface area contributed by atoms with Gasteiger partial charge in [-0.05, 0) is 22.2 Å². The number of hydrogen-bond acceptors (Lipinski definition) is 2. The van der Waals surface area contributed by atoms with Crippen LogP contribution in [0.5, 0.6) is 0 Å². The minimum absolute atomic E-state index is 0.0875. The lowest BCUT2D eigenvalue weighted by atomic mass is 10.0. The van der Waals surface area contributed by atoms with Crippen LogP contribution in [0.4, 0.5) is 0 Å². The molecule has 0 saturated heterocycles. The molecule has 3 heteroatoms. The number of carbonyl (C=O) groups is 1. The maximum absolute atomic E-state index is 12.5. The van der Waals surface area contributed by atoms with Crippen LogP contribution in [0.15, 0.2) is 60.7 Å². The Labute approximate surface area is 134 Å². The van der Waals surface area contributed by atoms with Crippen LogP contribution in [0.25, 0.3) is 11.6 Å². The predicted molar refractivity (Wildman–Crippen MR) is 95.1 cm³/mol. The van der Waals surface area contributed by atoms with Crippen molar-refractivity contribution in [2.45, 2.75) is 25.8 Å². The fourth-order valence-corrected chi connectivity index (χ4v) is 2.67. The van der Waals surface area contributed by atoms with Crippen LogP contribution in [-0.4, -0.2) is 15.7 Å². The summed E-state index contributed by atoms with van der Waals surface area (Å²) in [6.07, 6.45) is 1.90. The van der Waals surface area contributed by atoms with Crippen molar-refractivity contribution in [3.8, 4) is 0 Å². The fraction of sp³-hybridized carbons (Fsp3) is 0.211. The first-order chi connectivity index (χ1) is 10.5. The van der Waals surface area contributed by atoms with Gasteiger partial charge in [0.15, 0.2) is 0 Å². The molecule has 0 fully saturated rings. The van der Waals surface area contributed by atoms with E-state index in [2.05, 4.69) is 20.8 Å². The van der Waals surface area contributed by atoms with Crippen molar-refractivity contribution >= 4 is 27.4 Å². The first-order valence-corrected chi connectivity index (χ1v) is 8.73. The Hall–Kier alpha value is -2.13. The van der Waals surface area contributed by atoms with Crippen LogP contribution in [0.2, 0.25) is 5.04 Å². The van der Waals surface area contributed by atoms with E-state index in [1.807, 2.05) is 66.7 Å². The van der Waals surface area contributed by atoms with Crippen molar-refractivity contribution < 1.29 is 9.22 Å². The Morgan fingerprint density at radius 2 is 1.50 bits per heavy atom. The summed E-state index contributed by atoms with van der Waals surface area (Å²) in [5.74, 6) is -0.225. The molecule has 0 radical (unpaired) electrons. The van der Waals surface area contributed by atoms with E-state index < -0.39 is 9.76 Å². The lowest BCUT2D eigenvalue weighted by molar-refractivity contribution is -0.128. The third-order valence-electron chi connectivity index (χ3n) is 3.05. The third-order valence-corrected chi connectivity index (χ3v) is 4.32. The number of hydrogen-bond donors (Lipinski definition) is 0. The molecule has 0 saturated carbocycles. The molecule has 22 heavy (non-hydrogen) atoms. The van der Waals surface area contributed by atoms with Gasteiger partial charge in [0.1, 0.15) is 0 Å². The summed E-state index contributed by atoms with van der Waals surface area (Å²) >= 11 is 0. The molecule has 0 unspecified atom stereocenters. The van der Waals surface area contributed by atoms with Crippen molar-refractivity contribution in [2.75, 3.05) is 0 Å². The number of rotatable bonds is 4. The van der Waals surface area contributed by atoms with E-state index >= 15 is 0 Å². The Balaban J connectivity index is 2.30. The summed E-state index contributed by atoms with van der Waals surface area (Å²) in [6.45, 7) is 6.32. The molecule has 0 bridgehead atoms. The third kappa shape index (κ3) is 5.01. The van der Waals surface area contributed by atoms with E-state index in [9.17, 15) is 4.79 Å². The molecule has 0 heterocycles. The molecule has 2 rings (SSSR count). The standard InChI is InChI=1S/C19H22O2Si/c1-19(2,3)22-21-18(20)17(16-12-8-5-9-13-16)14-15-10-6-4-7-11-15/h4-14H,22H2,1-3H3. The molecule has 0 aliphatic carbocycles. The van der Waals surface area contributed by atoms with Crippen LogP contribution in [0.3, 0.4) is 0 Å². The van der Waals surface area contributed by atoms with E-state index in [1.54, 1.807) is 0 Å². The minimum atomic E-state index is -0.925. The maximum atomic E-state index is 12.5. The molecule has 0 aliphatic heterocycles. The average molecular weight is 310 g/mol. The van der Waals surface area contributed by atoms with E-state index in [-0.39, 0.29) is 11.0 Å². The summed E-state index contributed by atoms with van der Waals surface area (Å²) in [6, 6.07) is 19.5. The van der Waals surface area contributed by atoms with E-state index in [4.69, 9.17) is 4.43 Å². The highest BCUT2D eigenvalue weighted by molar-refractivity contribution is 6.39. The van der Waals surface area contributed by atoms with Gasteiger partial charge < -0.3 is 4.43 Å². The van der Waals surface area contributed by atoms with Gasteiger partial charge in [-0.1, -0.05) is 81.4 Å². The highest BCUT2D eigenvalue weighted by Gasteiger charge is 2.18. The predicted octanol–water partition coefficient (Wildman–Crippen LogP) is 4.07. The van der Waals surface area contributed by atoms with E-state index in [0.29, 0.717) is 5.57 Å². The van der Waals surface area contributed by atoms with Gasteiger partial charge in [0.25, 0.3) is 0 Å². The molecule has 0 atom stereocenters. The molecule has 2 aromatic rings. The first-order valence-electron chi connectivity index (χ1n) is 7.45. The SMILES string of the molecule is CC(C)(C)[SiH2]OC(=O)C(=Cc1ccccc1)c1ccccc1. The molecule has 0 N–H and O–H groups in total. The van der Waals surface area contributed by atoms with Gasteiger partial charge in [0.2, 0.25) is 9.76 Å². The van der Waals surface area contributed by atoms with Gasteiger partial charge >= 0.3 is 5.97 Å². The second kappa shape index (κ2) is 7.23. The van der Waals surface area contributed by atoms with Crippen LogP contribution in [0.1, 0.15) is 31.9 Å². The van der Waals surface area contributed by atoms with Crippen molar-refractivity contribution in [2.24, 2.45) is 0 Å². The molecule has 114 valence electrons. The molecule has 0 aromatic heterocycles. The molecular formula is C19H22O2Si. The average Bonchev–Trinajstić information content (AvgIpc) is 2.51. The fourth-order valence-electron chi connectivity index (χ4n) is 1.95. The lowest BCUT2D eigenvalue weighted by Crippen LogP contribution is -2.18. The van der Waals surface area contributed by atoms with Crippen molar-refractivity contribution in [1.82, 2.24) is 0 Å². The first kappa shape index (κ1) is 16.2. The van der Waals surface area contributed by atoms with Gasteiger partial charge in [0, 0.05) is 0 Å². The smallest absolute Gasteiger partial charge is 0.325 e. The van der Waals surface area contributed by atoms with Crippen LogP contribution < -0.4 is 0 Å². The molecule has 0 amide bonds. The zero-order chi connectivity index (χ0) is 16.0. The maximum Gasteiger partial charge on any atom is 0.325 e. The quantitative estimate of drug-likeness (QED) is 0.483. The Morgan fingerprint density at radius 3 is 2.05 bits per heavy atom. The molecule has 0 aliphatic rings. The normalized spacial score (nSPS) is 12.6. The lowest BCUT2D eigenvalue weighted by Gasteiger charge is -2.18. The number of benzene rings is 2. The molecule has 2 nitrogen and oxygen atoms in total. The van der Waals surface area contributed by atoms with Crippen molar-refractivity contribution in [3.05, 3.63) is 71.8 Å². The monoisotopic (exact) mass is 310 g/mol. The number of carbonyl (C=O) groups excluding carboxylic acids is 1. The summed E-state index contributed by atoms with van der Waals surface area (Å²) in [4.78, 5) is 12.5. The summed E-state index contributed by atoms with van der Waals surface area (Å²) in [7, 11) is -0.925. The minimum Gasteiger partial charge on any atom is -0.521 e. The topological polar surface area (TPSA) is 26.3 Å². The molecule has 0 spiro atoms. The van der Waals surface area contributed by atoms with Gasteiger partial charge in [-0.15, -0.1) is 0 Å². The summed E-state index contributed by atoms with van der Waals surface area (Å²) < 4.78 is 5.63. The summed E-state index contributed by atoms with van der Waals surface area (Å²) in [5, 5.41) is 0.0875. The Kier molecular flexibility index (Phi) is 5.34. The van der Waals surface area contributed by atoms with Gasteiger partial charge in [0.05, 0.1) is 5.57 Å². The van der Waals surface area contributed by atoms with Crippen LogP contribution in [-0.2, 0) is 9.22 Å². The Morgan fingerprint density at radius 1 is 0.955 bits per heavy atom. The van der Waals surface area contributed by atoms with Gasteiger partial charge in [-0.3, -0.25) is 0 Å². The van der Waals surface area contributed by atoms with E-state index in [0.717, 1.165) is 11.1 Å². The van der Waals surface area contributed by atoms with Gasteiger partial charge in [-0.2, -0.15) is 0 Å². The zero-order valence-corrected chi connectivity index (χ0v) is 14.8. The van der Waals surface area contributed by atoms with Crippen molar-refractivity contribution in [1.29, 1.82) is 0 Å². The molecular weight excluding hydrogens is 288 g/mol. The summed E-state index contributed by atoms with van der Waals surface area (Å²) in [5.41, 5.74) is 2.50. The van der Waals surface area contributed by atoms with Crippen LogP contribution >= 0.6 is 0 Å². The van der Waals surface area contributed by atoms with E-state index in [1.165, 1.54) is 0 Å². The molecule has 2 aromatic carbocycles. The Bertz CT molecular complexity index is 640. The second-order valence-electron chi connectivity index (χ2n) is 6.47.